The minimum absolute atomic E-state index is 0.0745. The summed E-state index contributed by atoms with van der Waals surface area (Å²) < 4.78 is 68.5. The van der Waals surface area contributed by atoms with Crippen molar-refractivity contribution in [1.82, 2.24) is 0 Å². The van der Waals surface area contributed by atoms with E-state index in [0.29, 0.717) is 25.7 Å². The van der Waals surface area contributed by atoms with Crippen LogP contribution in [0.5, 0.6) is 0 Å². The topological polar surface area (TPSA) is 237 Å². The van der Waals surface area contributed by atoms with Crippen LogP contribution in [0.4, 0.5) is 0 Å². The van der Waals surface area contributed by atoms with Gasteiger partial charge in [0.25, 0.3) is 0 Å². The summed E-state index contributed by atoms with van der Waals surface area (Å²) in [4.78, 5) is 73.0. The van der Waals surface area contributed by atoms with Crippen LogP contribution in [0.1, 0.15) is 336 Å². The van der Waals surface area contributed by atoms with Gasteiger partial charge in [0.05, 0.1) is 26.4 Å². The average molecular weight is 1480 g/mol. The molecule has 0 aromatic rings. The average Bonchev–Trinajstić information content (AvgIpc) is 0.907. The molecule has 0 fully saturated rings. The van der Waals surface area contributed by atoms with Gasteiger partial charge in [-0.3, -0.25) is 37.3 Å². The second kappa shape index (κ2) is 75.0. The molecule has 5 atom stereocenters. The number of rotatable bonds is 75. The maximum Gasteiger partial charge on any atom is 0.472 e. The van der Waals surface area contributed by atoms with Crippen molar-refractivity contribution >= 4 is 39.5 Å². The van der Waals surface area contributed by atoms with Crippen molar-refractivity contribution in [3.8, 4) is 0 Å². The van der Waals surface area contributed by atoms with E-state index < -0.39 is 97.5 Å². The summed E-state index contributed by atoms with van der Waals surface area (Å²) >= 11 is 0. The van der Waals surface area contributed by atoms with Gasteiger partial charge in [0.15, 0.2) is 12.2 Å². The van der Waals surface area contributed by atoms with Gasteiger partial charge in [-0.2, -0.15) is 0 Å². The first-order valence-corrected chi connectivity index (χ1v) is 43.1. The Morgan fingerprint density at radius 3 is 0.843 bits per heavy atom. The van der Waals surface area contributed by atoms with Crippen LogP contribution in [-0.2, 0) is 65.4 Å². The molecule has 0 heterocycles. The molecule has 0 saturated carbocycles. The lowest BCUT2D eigenvalue weighted by molar-refractivity contribution is -0.161. The number of phosphoric ester groups is 2. The Morgan fingerprint density at radius 2 is 0.529 bits per heavy atom. The number of allylic oxidation sites excluding steroid dienone is 18. The first-order valence-electron chi connectivity index (χ1n) is 40.1. The molecule has 0 aliphatic heterocycles. The van der Waals surface area contributed by atoms with E-state index >= 15 is 0 Å². The zero-order valence-corrected chi connectivity index (χ0v) is 66.0. The van der Waals surface area contributed by atoms with Crippen molar-refractivity contribution < 1.29 is 80.2 Å². The van der Waals surface area contributed by atoms with Crippen LogP contribution in [0, 0.1) is 0 Å². The molecule has 0 radical (unpaired) electrons. The van der Waals surface area contributed by atoms with Gasteiger partial charge in [0.1, 0.15) is 19.3 Å². The maximum atomic E-state index is 13.1. The van der Waals surface area contributed by atoms with Crippen molar-refractivity contribution in [3.63, 3.8) is 0 Å². The number of ether oxygens (including phenoxy) is 4. The van der Waals surface area contributed by atoms with E-state index in [1.807, 2.05) is 0 Å². The first-order chi connectivity index (χ1) is 49.7. The third kappa shape index (κ3) is 74.0. The molecular formula is C83H144O17P2. The number of hydrogen-bond acceptors (Lipinski definition) is 15. The van der Waals surface area contributed by atoms with E-state index in [4.69, 9.17) is 37.0 Å². The van der Waals surface area contributed by atoms with E-state index in [9.17, 15) is 43.2 Å². The molecule has 0 aliphatic carbocycles. The fourth-order valence-corrected chi connectivity index (χ4v) is 12.2. The Morgan fingerprint density at radius 1 is 0.284 bits per heavy atom. The third-order valence-electron chi connectivity index (χ3n) is 16.7. The number of esters is 4. The monoisotopic (exact) mass is 1470 g/mol. The number of carbonyl (C=O) groups is 4. The lowest BCUT2D eigenvalue weighted by atomic mass is 10.1. The maximum absolute atomic E-state index is 13.1. The molecule has 0 bridgehead atoms. The molecule has 0 aromatic carbocycles. The highest BCUT2D eigenvalue weighted by Gasteiger charge is 2.30. The van der Waals surface area contributed by atoms with E-state index in [0.717, 1.165) is 199 Å². The normalized spacial score (nSPS) is 14.5. The molecule has 0 saturated heterocycles. The van der Waals surface area contributed by atoms with Crippen molar-refractivity contribution in [3.05, 3.63) is 109 Å². The second-order valence-electron chi connectivity index (χ2n) is 26.6. The zero-order chi connectivity index (χ0) is 74.6. The van der Waals surface area contributed by atoms with Gasteiger partial charge in [0.2, 0.25) is 0 Å². The van der Waals surface area contributed by atoms with Crippen LogP contribution in [0.15, 0.2) is 109 Å². The van der Waals surface area contributed by atoms with E-state index in [1.165, 1.54) is 57.8 Å². The van der Waals surface area contributed by atoms with Crippen LogP contribution in [-0.4, -0.2) is 96.7 Å². The summed E-state index contributed by atoms with van der Waals surface area (Å²) in [5, 5.41) is 10.6. The molecule has 0 aromatic heterocycles. The smallest absolute Gasteiger partial charge is 0.462 e. The Hall–Kier alpha value is -4.28. The highest BCUT2D eigenvalue weighted by Crippen LogP contribution is 2.45. The Kier molecular flexibility index (Phi) is 71.8. The van der Waals surface area contributed by atoms with E-state index in [-0.39, 0.29) is 25.7 Å². The standard InChI is InChI=1S/C83H144O17P2/c1-5-9-13-17-21-25-29-32-34-36-38-40-42-45-48-51-55-59-63-67-80(85)93-73-78(99-82(87)69-65-61-57-53-47-28-24-20-16-12-8-4)75-97-101(89,90)95-71-77(84)72-96-102(91,92)98-76-79(100-83(88)70-66-62-58-54-50-44-31-27-23-19-15-11-7-3)74-94-81(86)68-64-60-56-52-49-46-43-41-39-37-35-33-30-26-22-18-14-10-6-2/h10,14-15,19,21-22,25-27,31-35,38-41,77-79,84H,5-9,11-13,16-18,20,23-24,28-30,36-37,42-76H2,1-4H3,(H,89,90)(H,91,92)/b14-10-,19-15-,25-21-,26-22-,31-27-,34-32-,35-33-,40-38-,41-39-. The minimum atomic E-state index is -4.98. The number of carbonyl (C=O) groups excluding carboxylic acids is 4. The second-order valence-corrected chi connectivity index (χ2v) is 29.5. The van der Waals surface area contributed by atoms with Gasteiger partial charge in [-0.1, -0.05) is 291 Å². The fraction of sp³-hybridized carbons (Fsp3) is 0.735. The molecule has 0 amide bonds. The van der Waals surface area contributed by atoms with Crippen molar-refractivity contribution in [2.24, 2.45) is 0 Å². The molecule has 5 unspecified atom stereocenters. The predicted molar refractivity (Wildman–Crippen MR) is 418 cm³/mol. The quantitative estimate of drug-likeness (QED) is 0.0169. The van der Waals surface area contributed by atoms with Crippen molar-refractivity contribution in [2.75, 3.05) is 39.6 Å². The molecule has 588 valence electrons. The fourth-order valence-electron chi connectivity index (χ4n) is 10.6. The summed E-state index contributed by atoms with van der Waals surface area (Å²) in [6.07, 6.45) is 80.7. The van der Waals surface area contributed by atoms with E-state index in [1.54, 1.807) is 0 Å². The van der Waals surface area contributed by atoms with Crippen LogP contribution in [0.2, 0.25) is 0 Å². The highest BCUT2D eigenvalue weighted by molar-refractivity contribution is 7.47. The predicted octanol–water partition coefficient (Wildman–Crippen LogP) is 23.3. The summed E-state index contributed by atoms with van der Waals surface area (Å²) in [5.41, 5.74) is 0. The summed E-state index contributed by atoms with van der Waals surface area (Å²) in [6.45, 7) is 4.65. The highest BCUT2D eigenvalue weighted by atomic mass is 31.2. The van der Waals surface area contributed by atoms with Crippen molar-refractivity contribution in [2.45, 2.75) is 354 Å². The Balaban J connectivity index is 5.31. The van der Waals surface area contributed by atoms with E-state index in [2.05, 4.69) is 137 Å². The SMILES string of the molecule is CC/C=C\C/C=C\C/C=C\C/C=C\CCCCCCCCC(=O)OCC(COP(=O)(O)OCC(O)COP(=O)(O)OCC(COC(=O)CCCCCCCC/C=C\C/C=C\C/C=C\CCCCC)OC(=O)CCCCCCCCCCCCC)OC(=O)CCCCCCC/C=C\C/C=C\CCC. The van der Waals surface area contributed by atoms with Gasteiger partial charge >= 0.3 is 39.5 Å². The molecular weight excluding hydrogens is 1330 g/mol. The molecule has 0 rings (SSSR count). The van der Waals surface area contributed by atoms with Crippen LogP contribution in [0.3, 0.4) is 0 Å². The lowest BCUT2D eigenvalue weighted by Crippen LogP contribution is -2.30. The zero-order valence-electron chi connectivity index (χ0n) is 64.3. The third-order valence-corrected chi connectivity index (χ3v) is 18.6. The number of phosphoric acid groups is 2. The van der Waals surface area contributed by atoms with Crippen LogP contribution in [0.25, 0.3) is 0 Å². The summed E-state index contributed by atoms with van der Waals surface area (Å²) in [5.74, 6) is -2.21. The number of unbranched alkanes of at least 4 members (excludes halogenated alkanes) is 31. The van der Waals surface area contributed by atoms with Gasteiger partial charge < -0.3 is 33.8 Å². The molecule has 19 heteroatoms. The van der Waals surface area contributed by atoms with Crippen LogP contribution < -0.4 is 0 Å². The first kappa shape index (κ1) is 97.7. The molecule has 102 heavy (non-hydrogen) atoms. The van der Waals surface area contributed by atoms with Crippen LogP contribution >= 0.6 is 15.6 Å². The molecule has 3 N–H and O–H groups in total. The Bertz CT molecular complexity index is 2360. The molecule has 0 aliphatic rings. The summed E-state index contributed by atoms with van der Waals surface area (Å²) in [6, 6.07) is 0. The number of aliphatic hydroxyl groups excluding tert-OH is 1. The van der Waals surface area contributed by atoms with Gasteiger partial charge in [-0.15, -0.1) is 0 Å². The minimum Gasteiger partial charge on any atom is -0.462 e. The van der Waals surface area contributed by atoms with Crippen molar-refractivity contribution in [1.29, 1.82) is 0 Å². The summed E-state index contributed by atoms with van der Waals surface area (Å²) in [7, 11) is -9.96. The lowest BCUT2D eigenvalue weighted by Gasteiger charge is -2.21. The number of aliphatic hydroxyl groups is 1. The Labute approximate surface area is 619 Å². The van der Waals surface area contributed by atoms with Gasteiger partial charge in [-0.05, 0) is 128 Å². The van der Waals surface area contributed by atoms with Gasteiger partial charge in [0, 0.05) is 25.7 Å². The molecule has 17 nitrogen and oxygen atoms in total. The van der Waals surface area contributed by atoms with Gasteiger partial charge in [-0.25, -0.2) is 9.13 Å². The number of hydrogen-bond donors (Lipinski definition) is 3. The molecule has 0 spiro atoms. The largest absolute Gasteiger partial charge is 0.472 e.